The highest BCUT2D eigenvalue weighted by atomic mass is 16.5. The fraction of sp³-hybridized carbons (Fsp3) is 0.545. The third-order valence-electron chi connectivity index (χ3n) is 4.03. The molecule has 8 nitrogen and oxygen atoms in total. The van der Waals surface area contributed by atoms with Gasteiger partial charge in [-0.05, 0) is 50.8 Å². The van der Waals surface area contributed by atoms with Crippen molar-refractivity contribution >= 4 is 23.8 Å². The number of hydrogen-bond acceptors (Lipinski definition) is 5. The highest BCUT2D eigenvalue weighted by Gasteiger charge is 2.22. The number of urea groups is 1. The fourth-order valence-electron chi connectivity index (χ4n) is 2.40. The zero-order valence-corrected chi connectivity index (χ0v) is 18.8. The van der Waals surface area contributed by atoms with Gasteiger partial charge in [0.1, 0.15) is 0 Å². The maximum absolute atomic E-state index is 12.2. The van der Waals surface area contributed by atoms with Gasteiger partial charge < -0.3 is 15.4 Å². The van der Waals surface area contributed by atoms with Crippen LogP contribution in [-0.2, 0) is 19.7 Å². The molecule has 0 bridgehead atoms. The van der Waals surface area contributed by atoms with Crippen molar-refractivity contribution in [2.24, 2.45) is 0 Å². The van der Waals surface area contributed by atoms with Gasteiger partial charge in [-0.3, -0.25) is 19.7 Å². The van der Waals surface area contributed by atoms with Crippen molar-refractivity contribution in [2.45, 2.75) is 71.9 Å². The van der Waals surface area contributed by atoms with Gasteiger partial charge in [0.2, 0.25) is 0 Å². The third kappa shape index (κ3) is 9.07. The van der Waals surface area contributed by atoms with Crippen molar-refractivity contribution in [1.82, 2.24) is 16.0 Å². The maximum atomic E-state index is 12.2. The lowest BCUT2D eigenvalue weighted by Crippen LogP contribution is -2.50. The first-order chi connectivity index (χ1) is 13.7. The summed E-state index contributed by atoms with van der Waals surface area (Å²) in [6.07, 6.45) is -1.23. The van der Waals surface area contributed by atoms with Crippen LogP contribution in [0.1, 0.15) is 70.8 Å². The molecule has 4 amide bonds. The van der Waals surface area contributed by atoms with Gasteiger partial charge in [0, 0.05) is 17.6 Å². The van der Waals surface area contributed by atoms with E-state index >= 15 is 0 Å². The molecule has 0 saturated heterocycles. The summed E-state index contributed by atoms with van der Waals surface area (Å²) in [5.74, 6) is -1.68. The first-order valence-electron chi connectivity index (χ1n) is 9.90. The van der Waals surface area contributed by atoms with Crippen LogP contribution in [0.15, 0.2) is 24.3 Å². The van der Waals surface area contributed by atoms with Crippen LogP contribution in [-0.4, -0.2) is 42.0 Å². The number of hydrogen-bond donors (Lipinski definition) is 3. The second-order valence-electron chi connectivity index (χ2n) is 9.16. The molecule has 1 atom stereocenters. The highest BCUT2D eigenvalue weighted by molar-refractivity contribution is 5.97. The van der Waals surface area contributed by atoms with Crippen molar-refractivity contribution < 1.29 is 23.9 Å². The van der Waals surface area contributed by atoms with Crippen LogP contribution in [0.5, 0.6) is 0 Å². The number of ether oxygens (including phenoxy) is 1. The van der Waals surface area contributed by atoms with E-state index in [4.69, 9.17) is 4.74 Å². The van der Waals surface area contributed by atoms with E-state index in [1.165, 1.54) is 6.92 Å². The Labute approximate surface area is 178 Å². The van der Waals surface area contributed by atoms with Gasteiger partial charge in [0.25, 0.3) is 11.8 Å². The molecule has 30 heavy (non-hydrogen) atoms. The van der Waals surface area contributed by atoms with Gasteiger partial charge in [-0.15, -0.1) is 0 Å². The van der Waals surface area contributed by atoms with E-state index in [0.717, 1.165) is 5.56 Å². The van der Waals surface area contributed by atoms with Crippen molar-refractivity contribution in [2.75, 3.05) is 6.54 Å². The Bertz CT molecular complexity index is 773. The largest absolute Gasteiger partial charge is 0.452 e. The summed E-state index contributed by atoms with van der Waals surface area (Å²) in [7, 11) is 0. The summed E-state index contributed by atoms with van der Waals surface area (Å²) in [6.45, 7) is 13.0. The summed E-state index contributed by atoms with van der Waals surface area (Å²) >= 11 is 0. The van der Waals surface area contributed by atoms with Crippen molar-refractivity contribution in [3.05, 3.63) is 35.4 Å². The Kier molecular flexibility index (Phi) is 8.57. The number of nitrogens with one attached hydrogen (secondary N) is 3. The van der Waals surface area contributed by atoms with Crippen LogP contribution in [0.2, 0.25) is 0 Å². The van der Waals surface area contributed by atoms with E-state index < -0.39 is 29.6 Å². The fourth-order valence-corrected chi connectivity index (χ4v) is 2.40. The molecule has 8 heteroatoms. The molecule has 0 fully saturated rings. The molecule has 0 aliphatic carbocycles. The van der Waals surface area contributed by atoms with Crippen LogP contribution in [0.4, 0.5) is 4.79 Å². The standard InChI is InChI=1S/C22H33N3O5/c1-14(18(27)24-20(29)25-22(5,6)7)30-17(26)12-13-23-19(28)15-8-10-16(11-9-15)21(2,3)4/h8-11,14H,12-13H2,1-7H3,(H,23,28)(H2,24,25,27,29)/t14-/m1/s1. The van der Waals surface area contributed by atoms with E-state index in [2.05, 4.69) is 36.7 Å². The number of imide groups is 1. The second kappa shape index (κ2) is 10.2. The molecule has 166 valence electrons. The summed E-state index contributed by atoms with van der Waals surface area (Å²) < 4.78 is 5.00. The third-order valence-corrected chi connectivity index (χ3v) is 4.03. The molecule has 0 radical (unpaired) electrons. The van der Waals surface area contributed by atoms with Gasteiger partial charge in [-0.2, -0.15) is 0 Å². The molecule has 0 saturated carbocycles. The van der Waals surface area contributed by atoms with E-state index in [0.29, 0.717) is 5.56 Å². The molecule has 1 rings (SSSR count). The first kappa shape index (κ1) is 25.1. The number of carbonyl (C=O) groups is 4. The van der Waals surface area contributed by atoms with Gasteiger partial charge in [-0.25, -0.2) is 4.79 Å². The van der Waals surface area contributed by atoms with E-state index in [1.807, 2.05) is 12.1 Å². The summed E-state index contributed by atoms with van der Waals surface area (Å²) in [5, 5.41) is 7.33. The monoisotopic (exact) mass is 419 g/mol. The minimum atomic E-state index is -1.14. The smallest absolute Gasteiger partial charge is 0.321 e. The minimum Gasteiger partial charge on any atom is -0.452 e. The lowest BCUT2D eigenvalue weighted by molar-refractivity contribution is -0.154. The van der Waals surface area contributed by atoms with Crippen LogP contribution < -0.4 is 16.0 Å². The van der Waals surface area contributed by atoms with Gasteiger partial charge >= 0.3 is 12.0 Å². The highest BCUT2D eigenvalue weighted by Crippen LogP contribution is 2.22. The molecule has 0 aliphatic rings. The molecule has 0 spiro atoms. The summed E-state index contributed by atoms with van der Waals surface area (Å²) in [4.78, 5) is 47.7. The van der Waals surface area contributed by atoms with Crippen molar-refractivity contribution in [1.29, 1.82) is 0 Å². The molecular weight excluding hydrogens is 386 g/mol. The van der Waals surface area contributed by atoms with E-state index in [9.17, 15) is 19.2 Å². The topological polar surface area (TPSA) is 114 Å². The molecule has 0 aliphatic heterocycles. The second-order valence-corrected chi connectivity index (χ2v) is 9.16. The Hall–Kier alpha value is -2.90. The number of benzene rings is 1. The van der Waals surface area contributed by atoms with Crippen LogP contribution in [0.25, 0.3) is 0 Å². The molecule has 0 heterocycles. The number of rotatable bonds is 6. The predicted molar refractivity (Wildman–Crippen MR) is 114 cm³/mol. The van der Waals surface area contributed by atoms with Crippen LogP contribution in [0, 0.1) is 0 Å². The Morgan fingerprint density at radius 3 is 2.03 bits per heavy atom. The SMILES string of the molecule is C[C@@H](OC(=O)CCNC(=O)c1ccc(C(C)(C)C)cc1)C(=O)NC(=O)NC(C)(C)C. The number of carbonyl (C=O) groups excluding carboxylic acids is 4. The Morgan fingerprint density at radius 1 is 0.967 bits per heavy atom. The first-order valence-corrected chi connectivity index (χ1v) is 9.90. The van der Waals surface area contributed by atoms with E-state index in [-0.39, 0.29) is 24.3 Å². The minimum absolute atomic E-state index is 0.00479. The molecule has 3 N–H and O–H groups in total. The Morgan fingerprint density at radius 2 is 1.53 bits per heavy atom. The normalized spacial score (nSPS) is 12.5. The zero-order valence-electron chi connectivity index (χ0n) is 18.8. The zero-order chi connectivity index (χ0) is 23.1. The number of amides is 4. The van der Waals surface area contributed by atoms with Gasteiger partial charge in [-0.1, -0.05) is 32.9 Å². The van der Waals surface area contributed by atoms with E-state index in [1.54, 1.807) is 32.9 Å². The van der Waals surface area contributed by atoms with Crippen molar-refractivity contribution in [3.63, 3.8) is 0 Å². The lowest BCUT2D eigenvalue weighted by Gasteiger charge is -2.21. The lowest BCUT2D eigenvalue weighted by atomic mass is 9.87. The Balaban J connectivity index is 2.41. The van der Waals surface area contributed by atoms with Gasteiger partial charge in [0.05, 0.1) is 6.42 Å². The van der Waals surface area contributed by atoms with Crippen LogP contribution >= 0.6 is 0 Å². The van der Waals surface area contributed by atoms with Crippen molar-refractivity contribution in [3.8, 4) is 0 Å². The molecule has 0 unspecified atom stereocenters. The molecule has 1 aromatic carbocycles. The summed E-state index contributed by atoms with van der Waals surface area (Å²) in [5.41, 5.74) is 1.10. The average molecular weight is 420 g/mol. The molecular formula is C22H33N3O5. The maximum Gasteiger partial charge on any atom is 0.321 e. The quantitative estimate of drug-likeness (QED) is 0.614. The number of esters is 1. The molecule has 1 aromatic rings. The predicted octanol–water partition coefficient (Wildman–Crippen LogP) is 2.66. The van der Waals surface area contributed by atoms with Crippen LogP contribution in [0.3, 0.4) is 0 Å². The average Bonchev–Trinajstić information content (AvgIpc) is 2.59. The van der Waals surface area contributed by atoms with Gasteiger partial charge in [0.15, 0.2) is 6.10 Å². The summed E-state index contributed by atoms with van der Waals surface area (Å²) in [6, 6.07) is 6.62. The molecule has 0 aromatic heterocycles.